The van der Waals surface area contributed by atoms with Gasteiger partial charge in [-0.3, -0.25) is 4.79 Å². The van der Waals surface area contributed by atoms with E-state index in [0.29, 0.717) is 17.0 Å². The average Bonchev–Trinajstić information content (AvgIpc) is 2.38. The van der Waals surface area contributed by atoms with Crippen molar-refractivity contribution in [2.45, 2.75) is 6.92 Å². The van der Waals surface area contributed by atoms with Crippen molar-refractivity contribution < 1.29 is 14.6 Å². The highest BCUT2D eigenvalue weighted by Gasteiger charge is 2.10. The molecule has 0 spiro atoms. The van der Waals surface area contributed by atoms with Crippen LogP contribution in [0.25, 0.3) is 0 Å². The fourth-order valence-corrected chi connectivity index (χ4v) is 1.80. The summed E-state index contributed by atoms with van der Waals surface area (Å²) in [7, 11) is 1.57. The number of aromatic hydroxyl groups is 1. The van der Waals surface area contributed by atoms with Crippen LogP contribution >= 0.6 is 0 Å². The van der Waals surface area contributed by atoms with Crippen molar-refractivity contribution in [1.82, 2.24) is 0 Å². The van der Waals surface area contributed by atoms with Crippen molar-refractivity contribution in [3.05, 3.63) is 53.6 Å². The zero-order chi connectivity index (χ0) is 13.8. The average molecular weight is 257 g/mol. The quantitative estimate of drug-likeness (QED) is 0.888. The first-order valence-electron chi connectivity index (χ1n) is 5.85. The Labute approximate surface area is 111 Å². The molecule has 0 aliphatic carbocycles. The molecule has 2 aromatic carbocycles. The first-order valence-corrected chi connectivity index (χ1v) is 5.85. The minimum absolute atomic E-state index is 0.149. The van der Waals surface area contributed by atoms with Crippen LogP contribution in [0.1, 0.15) is 15.9 Å². The Morgan fingerprint density at radius 2 is 2.00 bits per heavy atom. The number of nitrogens with one attached hydrogen (secondary N) is 1. The molecule has 0 atom stereocenters. The van der Waals surface area contributed by atoms with Crippen LogP contribution in [-0.2, 0) is 0 Å². The summed E-state index contributed by atoms with van der Waals surface area (Å²) < 4.78 is 5.10. The number of phenols is 1. The predicted octanol–water partition coefficient (Wildman–Crippen LogP) is 2.96. The van der Waals surface area contributed by atoms with Gasteiger partial charge in [0.1, 0.15) is 11.5 Å². The van der Waals surface area contributed by atoms with Gasteiger partial charge in [-0.05, 0) is 42.8 Å². The summed E-state index contributed by atoms with van der Waals surface area (Å²) in [5.74, 6) is 0.612. The monoisotopic (exact) mass is 257 g/mol. The lowest BCUT2D eigenvalue weighted by atomic mass is 10.1. The van der Waals surface area contributed by atoms with Crippen LogP contribution in [0.5, 0.6) is 11.5 Å². The van der Waals surface area contributed by atoms with E-state index in [0.717, 1.165) is 5.56 Å². The fraction of sp³-hybridized carbons (Fsp3) is 0.133. The van der Waals surface area contributed by atoms with Gasteiger partial charge in [-0.1, -0.05) is 6.07 Å². The smallest absolute Gasteiger partial charge is 0.255 e. The molecule has 2 N–H and O–H groups in total. The maximum absolute atomic E-state index is 12.1. The zero-order valence-corrected chi connectivity index (χ0v) is 10.8. The van der Waals surface area contributed by atoms with Crippen LogP contribution in [0.3, 0.4) is 0 Å². The highest BCUT2D eigenvalue weighted by Crippen LogP contribution is 2.20. The summed E-state index contributed by atoms with van der Waals surface area (Å²) in [4.78, 5) is 12.1. The normalized spacial score (nSPS) is 10.0. The van der Waals surface area contributed by atoms with Crippen molar-refractivity contribution in [3.8, 4) is 11.5 Å². The first-order chi connectivity index (χ1) is 9.10. The Kier molecular flexibility index (Phi) is 3.71. The first kappa shape index (κ1) is 13.0. The van der Waals surface area contributed by atoms with E-state index in [-0.39, 0.29) is 11.7 Å². The number of amides is 1. The summed E-state index contributed by atoms with van der Waals surface area (Å²) in [6.45, 7) is 1.78. The van der Waals surface area contributed by atoms with Crippen LogP contribution in [0, 0.1) is 6.92 Å². The number of hydrogen-bond donors (Lipinski definition) is 2. The third-order valence-corrected chi connectivity index (χ3v) is 2.78. The highest BCUT2D eigenvalue weighted by molar-refractivity contribution is 6.05. The molecule has 0 aromatic heterocycles. The molecule has 0 radical (unpaired) electrons. The van der Waals surface area contributed by atoms with Gasteiger partial charge in [0.25, 0.3) is 5.91 Å². The molecule has 0 aliphatic heterocycles. The maximum Gasteiger partial charge on any atom is 0.255 e. The minimum atomic E-state index is -0.217. The Morgan fingerprint density at radius 1 is 1.21 bits per heavy atom. The van der Waals surface area contributed by atoms with E-state index in [1.165, 1.54) is 6.07 Å². The molecule has 0 heterocycles. The number of phenolic OH excluding ortho intramolecular Hbond substituents is 1. The van der Waals surface area contributed by atoms with Crippen molar-refractivity contribution >= 4 is 11.6 Å². The number of methoxy groups -OCH3 is 1. The standard InChI is InChI=1S/C15H15NO3/c1-10-8-12(17)6-7-14(10)15(18)16-11-4-3-5-13(9-11)19-2/h3-9,17H,1-2H3,(H,16,18). The van der Waals surface area contributed by atoms with Gasteiger partial charge < -0.3 is 15.2 Å². The highest BCUT2D eigenvalue weighted by atomic mass is 16.5. The van der Waals surface area contributed by atoms with Crippen molar-refractivity contribution in [1.29, 1.82) is 0 Å². The second-order valence-electron chi connectivity index (χ2n) is 4.19. The van der Waals surface area contributed by atoms with Gasteiger partial charge in [-0.2, -0.15) is 0 Å². The second-order valence-corrected chi connectivity index (χ2v) is 4.19. The number of carbonyl (C=O) groups excluding carboxylic acids is 1. The lowest BCUT2D eigenvalue weighted by Crippen LogP contribution is -2.13. The number of aryl methyl sites for hydroxylation is 1. The molecule has 2 aromatic rings. The molecule has 98 valence electrons. The molecular formula is C15H15NO3. The van der Waals surface area contributed by atoms with Crippen molar-refractivity contribution in [2.75, 3.05) is 12.4 Å². The van der Waals surface area contributed by atoms with Gasteiger partial charge in [0.15, 0.2) is 0 Å². The van der Waals surface area contributed by atoms with Crippen LogP contribution in [0.2, 0.25) is 0 Å². The topological polar surface area (TPSA) is 58.6 Å². The predicted molar refractivity (Wildman–Crippen MR) is 73.8 cm³/mol. The molecule has 4 nitrogen and oxygen atoms in total. The van der Waals surface area contributed by atoms with Gasteiger partial charge >= 0.3 is 0 Å². The van der Waals surface area contributed by atoms with E-state index in [2.05, 4.69) is 5.32 Å². The molecule has 0 unspecified atom stereocenters. The van der Waals surface area contributed by atoms with Crippen LogP contribution in [-0.4, -0.2) is 18.1 Å². The number of benzene rings is 2. The van der Waals surface area contributed by atoms with E-state index < -0.39 is 0 Å². The number of ether oxygens (including phenoxy) is 1. The maximum atomic E-state index is 12.1. The van der Waals surface area contributed by atoms with Crippen molar-refractivity contribution in [2.24, 2.45) is 0 Å². The fourth-order valence-electron chi connectivity index (χ4n) is 1.80. The SMILES string of the molecule is COc1cccc(NC(=O)c2ccc(O)cc2C)c1. The second kappa shape index (κ2) is 5.44. The minimum Gasteiger partial charge on any atom is -0.508 e. The van der Waals surface area contributed by atoms with E-state index in [1.807, 2.05) is 6.07 Å². The number of hydrogen-bond acceptors (Lipinski definition) is 3. The lowest BCUT2D eigenvalue weighted by Gasteiger charge is -2.09. The Bertz CT molecular complexity index is 608. The molecule has 1 amide bonds. The lowest BCUT2D eigenvalue weighted by molar-refractivity contribution is 0.102. The van der Waals surface area contributed by atoms with Crippen LogP contribution in [0.4, 0.5) is 5.69 Å². The summed E-state index contributed by atoms with van der Waals surface area (Å²) in [5, 5.41) is 12.1. The molecule has 0 bridgehead atoms. The molecule has 19 heavy (non-hydrogen) atoms. The summed E-state index contributed by atoms with van der Waals surface area (Å²) >= 11 is 0. The van der Waals surface area contributed by atoms with Crippen molar-refractivity contribution in [3.63, 3.8) is 0 Å². The molecule has 0 aliphatic rings. The largest absolute Gasteiger partial charge is 0.508 e. The van der Waals surface area contributed by atoms with Gasteiger partial charge in [-0.25, -0.2) is 0 Å². The third-order valence-electron chi connectivity index (χ3n) is 2.78. The number of anilines is 1. The van der Waals surface area contributed by atoms with Crippen LogP contribution < -0.4 is 10.1 Å². The molecule has 4 heteroatoms. The van der Waals surface area contributed by atoms with Gasteiger partial charge in [0.2, 0.25) is 0 Å². The van der Waals surface area contributed by atoms with E-state index >= 15 is 0 Å². The molecule has 2 rings (SSSR count). The Hall–Kier alpha value is -2.49. The third kappa shape index (κ3) is 3.04. The Balaban J connectivity index is 2.20. The molecule has 0 saturated carbocycles. The van der Waals surface area contributed by atoms with E-state index in [9.17, 15) is 9.90 Å². The van der Waals surface area contributed by atoms with E-state index in [1.54, 1.807) is 44.4 Å². The molecule has 0 fully saturated rings. The van der Waals surface area contributed by atoms with E-state index in [4.69, 9.17) is 4.74 Å². The molecular weight excluding hydrogens is 242 g/mol. The summed E-state index contributed by atoms with van der Waals surface area (Å²) in [5.41, 5.74) is 1.91. The summed E-state index contributed by atoms with van der Waals surface area (Å²) in [6, 6.07) is 11.8. The van der Waals surface area contributed by atoms with Gasteiger partial charge in [-0.15, -0.1) is 0 Å². The van der Waals surface area contributed by atoms with Gasteiger partial charge in [0, 0.05) is 17.3 Å². The molecule has 0 saturated heterocycles. The Morgan fingerprint density at radius 3 is 2.68 bits per heavy atom. The number of rotatable bonds is 3. The summed E-state index contributed by atoms with van der Waals surface area (Å²) in [6.07, 6.45) is 0. The van der Waals surface area contributed by atoms with Crippen LogP contribution in [0.15, 0.2) is 42.5 Å². The van der Waals surface area contributed by atoms with Gasteiger partial charge in [0.05, 0.1) is 7.11 Å². The number of carbonyl (C=O) groups is 1. The zero-order valence-electron chi connectivity index (χ0n) is 10.8.